The van der Waals surface area contributed by atoms with E-state index in [1.165, 1.54) is 0 Å². The lowest BCUT2D eigenvalue weighted by Crippen LogP contribution is -1.95. The topological polar surface area (TPSA) is 37.3 Å². The van der Waals surface area contributed by atoms with Crippen molar-refractivity contribution in [2.75, 3.05) is 5.33 Å². The zero-order chi connectivity index (χ0) is 10.3. The van der Waals surface area contributed by atoms with Gasteiger partial charge in [0.2, 0.25) is 0 Å². The summed E-state index contributed by atoms with van der Waals surface area (Å²) in [5, 5.41) is 9.18. The van der Waals surface area contributed by atoms with Gasteiger partial charge in [-0.15, -0.1) is 0 Å². The van der Waals surface area contributed by atoms with Crippen LogP contribution in [-0.2, 0) is 4.79 Å². The number of aliphatic carboxylic acids is 1. The Labute approximate surface area is 86.8 Å². The quantitative estimate of drug-likeness (QED) is 0.597. The number of hydrogen-bond donors (Lipinski definition) is 1. The maximum Gasteiger partial charge on any atom is 0.307 e. The highest BCUT2D eigenvalue weighted by molar-refractivity contribution is 9.09. The van der Waals surface area contributed by atoms with E-state index < -0.39 is 5.97 Å². The van der Waals surface area contributed by atoms with Gasteiger partial charge in [0.05, 0.1) is 6.42 Å². The lowest BCUT2D eigenvalue weighted by atomic mass is 10.1. The van der Waals surface area contributed by atoms with Crippen LogP contribution in [0.25, 0.3) is 0 Å². The van der Waals surface area contributed by atoms with Gasteiger partial charge in [-0.05, 0) is 18.1 Å². The third-order valence-corrected chi connectivity index (χ3v) is 1.95. The Hall–Kier alpha value is -0.830. The van der Waals surface area contributed by atoms with Crippen LogP contribution >= 0.6 is 15.9 Å². The van der Waals surface area contributed by atoms with E-state index >= 15 is 0 Å². The Balaban J connectivity index is 4.33. The van der Waals surface area contributed by atoms with E-state index in [2.05, 4.69) is 22.5 Å². The van der Waals surface area contributed by atoms with Crippen LogP contribution in [0.2, 0.25) is 0 Å². The van der Waals surface area contributed by atoms with E-state index in [9.17, 15) is 4.79 Å². The number of carboxylic acids is 1. The van der Waals surface area contributed by atoms with Crippen molar-refractivity contribution in [2.45, 2.75) is 13.3 Å². The van der Waals surface area contributed by atoms with Gasteiger partial charge in [0.25, 0.3) is 0 Å². The van der Waals surface area contributed by atoms with Crippen molar-refractivity contribution in [3.05, 3.63) is 36.0 Å². The van der Waals surface area contributed by atoms with Crippen LogP contribution in [0, 0.1) is 0 Å². The highest BCUT2D eigenvalue weighted by Gasteiger charge is 1.99. The fourth-order valence-corrected chi connectivity index (χ4v) is 1.20. The van der Waals surface area contributed by atoms with E-state index in [4.69, 9.17) is 5.11 Å². The van der Waals surface area contributed by atoms with Gasteiger partial charge in [0, 0.05) is 5.33 Å². The summed E-state index contributed by atoms with van der Waals surface area (Å²) in [6, 6.07) is 0. The molecule has 0 unspecified atom stereocenters. The second-order valence-electron chi connectivity index (χ2n) is 2.58. The summed E-state index contributed by atoms with van der Waals surface area (Å²) < 4.78 is 0. The van der Waals surface area contributed by atoms with Crippen LogP contribution < -0.4 is 0 Å². The van der Waals surface area contributed by atoms with Gasteiger partial charge in [-0.2, -0.15) is 0 Å². The predicted molar refractivity (Wildman–Crippen MR) is 58.1 cm³/mol. The molecule has 0 radical (unpaired) electrons. The first-order valence-corrected chi connectivity index (χ1v) is 5.01. The molecule has 0 fully saturated rings. The lowest BCUT2D eigenvalue weighted by molar-refractivity contribution is -0.136. The monoisotopic (exact) mass is 244 g/mol. The molecule has 0 spiro atoms. The number of hydrogen-bond acceptors (Lipinski definition) is 1. The molecule has 0 aromatic heterocycles. The Bertz CT molecular complexity index is 252. The molecule has 1 N–H and O–H groups in total. The molecule has 13 heavy (non-hydrogen) atoms. The molecule has 0 amide bonds. The first kappa shape index (κ1) is 12.2. The minimum Gasteiger partial charge on any atom is -0.481 e. The van der Waals surface area contributed by atoms with Crippen molar-refractivity contribution in [1.29, 1.82) is 0 Å². The van der Waals surface area contributed by atoms with E-state index in [1.54, 1.807) is 6.08 Å². The van der Waals surface area contributed by atoms with Crippen molar-refractivity contribution in [1.82, 2.24) is 0 Å². The predicted octanol–water partition coefficient (Wildman–Crippen LogP) is 2.91. The Kier molecular flexibility index (Phi) is 6.24. The molecule has 0 bridgehead atoms. The molecule has 0 aromatic rings. The van der Waals surface area contributed by atoms with E-state index in [-0.39, 0.29) is 6.42 Å². The maximum absolute atomic E-state index is 10.3. The van der Waals surface area contributed by atoms with Crippen molar-refractivity contribution >= 4 is 21.9 Å². The molecule has 0 saturated heterocycles. The fourth-order valence-electron chi connectivity index (χ4n) is 0.853. The third-order valence-electron chi connectivity index (χ3n) is 1.30. The van der Waals surface area contributed by atoms with Crippen LogP contribution in [0.3, 0.4) is 0 Å². The van der Waals surface area contributed by atoms with Gasteiger partial charge < -0.3 is 5.11 Å². The van der Waals surface area contributed by atoms with Crippen LogP contribution in [-0.4, -0.2) is 16.4 Å². The molecular weight excluding hydrogens is 232 g/mol. The van der Waals surface area contributed by atoms with E-state index in [1.807, 2.05) is 19.1 Å². The number of rotatable bonds is 5. The SMILES string of the molecule is C=C(/C=C(\C=C/C)CBr)CC(=O)O. The fraction of sp³-hybridized carbons (Fsp3) is 0.300. The highest BCUT2D eigenvalue weighted by Crippen LogP contribution is 2.08. The molecular formula is C10H13BrO2. The van der Waals surface area contributed by atoms with Crippen LogP contribution in [0.5, 0.6) is 0 Å². The first-order chi connectivity index (χ1) is 6.10. The van der Waals surface area contributed by atoms with Gasteiger partial charge in [0.15, 0.2) is 0 Å². The molecule has 0 aliphatic rings. The van der Waals surface area contributed by atoms with Gasteiger partial charge in [-0.25, -0.2) is 0 Å². The van der Waals surface area contributed by atoms with Gasteiger partial charge >= 0.3 is 5.97 Å². The van der Waals surface area contributed by atoms with E-state index in [0.717, 1.165) is 5.57 Å². The molecule has 0 saturated carbocycles. The van der Waals surface area contributed by atoms with Crippen molar-refractivity contribution in [3.63, 3.8) is 0 Å². The average Bonchev–Trinajstić information content (AvgIpc) is 2.02. The van der Waals surface area contributed by atoms with E-state index in [0.29, 0.717) is 10.9 Å². The molecule has 0 rings (SSSR count). The van der Waals surface area contributed by atoms with Crippen molar-refractivity contribution in [2.24, 2.45) is 0 Å². The summed E-state index contributed by atoms with van der Waals surface area (Å²) in [4.78, 5) is 10.3. The molecule has 0 aromatic carbocycles. The largest absolute Gasteiger partial charge is 0.481 e. The summed E-state index contributed by atoms with van der Waals surface area (Å²) in [5.74, 6) is -0.851. The number of alkyl halides is 1. The summed E-state index contributed by atoms with van der Waals surface area (Å²) >= 11 is 3.30. The number of carbonyl (C=O) groups is 1. The molecule has 0 heterocycles. The Morgan fingerprint density at radius 3 is 2.62 bits per heavy atom. The highest BCUT2D eigenvalue weighted by atomic mass is 79.9. The van der Waals surface area contributed by atoms with Gasteiger partial charge in [-0.3, -0.25) is 4.79 Å². The number of carboxylic acid groups (broad SMARTS) is 1. The normalized spacial score (nSPS) is 12.0. The second kappa shape index (κ2) is 6.66. The van der Waals surface area contributed by atoms with Crippen LogP contribution in [0.15, 0.2) is 36.0 Å². The minimum atomic E-state index is -0.851. The Morgan fingerprint density at radius 1 is 1.62 bits per heavy atom. The molecule has 0 aliphatic heterocycles. The Morgan fingerprint density at radius 2 is 2.23 bits per heavy atom. The summed E-state index contributed by atoms with van der Waals surface area (Å²) in [7, 11) is 0. The first-order valence-electron chi connectivity index (χ1n) is 3.89. The van der Waals surface area contributed by atoms with Crippen molar-refractivity contribution < 1.29 is 9.90 Å². The standard InChI is InChI=1S/C10H13BrO2/c1-3-4-9(7-11)5-8(2)6-10(12)13/h3-5H,2,6-7H2,1H3,(H,12,13)/b4-3-,9-5+. The smallest absolute Gasteiger partial charge is 0.307 e. The lowest BCUT2D eigenvalue weighted by Gasteiger charge is -1.98. The third kappa shape index (κ3) is 6.34. The molecule has 2 nitrogen and oxygen atoms in total. The zero-order valence-electron chi connectivity index (χ0n) is 7.59. The van der Waals surface area contributed by atoms with Crippen LogP contribution in [0.4, 0.5) is 0 Å². The van der Waals surface area contributed by atoms with Gasteiger partial charge in [-0.1, -0.05) is 40.7 Å². The molecule has 72 valence electrons. The second-order valence-corrected chi connectivity index (χ2v) is 3.14. The number of halogens is 1. The maximum atomic E-state index is 10.3. The van der Waals surface area contributed by atoms with Crippen molar-refractivity contribution in [3.8, 4) is 0 Å². The number of allylic oxidation sites excluding steroid dienone is 4. The summed E-state index contributed by atoms with van der Waals surface area (Å²) in [6.07, 6.45) is 5.60. The van der Waals surface area contributed by atoms with Crippen LogP contribution in [0.1, 0.15) is 13.3 Å². The molecule has 0 aliphatic carbocycles. The molecule has 0 atom stereocenters. The summed E-state index contributed by atoms with van der Waals surface area (Å²) in [6.45, 7) is 5.57. The van der Waals surface area contributed by atoms with Gasteiger partial charge in [0.1, 0.15) is 0 Å². The molecule has 3 heteroatoms. The minimum absolute atomic E-state index is 0.00590. The zero-order valence-corrected chi connectivity index (χ0v) is 9.17. The average molecular weight is 245 g/mol. The summed E-state index contributed by atoms with van der Waals surface area (Å²) in [5.41, 5.74) is 1.63.